The van der Waals surface area contributed by atoms with Gasteiger partial charge >= 0.3 is 12.2 Å². The van der Waals surface area contributed by atoms with Gasteiger partial charge in [0.15, 0.2) is 12.2 Å². The number of hydrogen-bond acceptors (Lipinski definition) is 9. The van der Waals surface area contributed by atoms with Gasteiger partial charge in [0.05, 0.1) is 20.3 Å². The summed E-state index contributed by atoms with van der Waals surface area (Å²) in [5.41, 5.74) is 1.11. The third-order valence-corrected chi connectivity index (χ3v) is 6.87. The predicted octanol–water partition coefficient (Wildman–Crippen LogP) is 3.85. The number of methoxy groups -OCH3 is 1. The Morgan fingerprint density at radius 1 is 1.00 bits per heavy atom. The van der Waals surface area contributed by atoms with Gasteiger partial charge in [-0.3, -0.25) is 0 Å². The second kappa shape index (κ2) is 15.6. The van der Waals surface area contributed by atoms with Crippen molar-refractivity contribution in [2.24, 2.45) is 0 Å². The van der Waals surface area contributed by atoms with Gasteiger partial charge in [0, 0.05) is 12.6 Å². The summed E-state index contributed by atoms with van der Waals surface area (Å²) < 4.78 is 28.5. The van der Waals surface area contributed by atoms with Crippen LogP contribution in [0.25, 0.3) is 0 Å². The van der Waals surface area contributed by atoms with Crippen molar-refractivity contribution >= 4 is 23.9 Å². The van der Waals surface area contributed by atoms with Crippen molar-refractivity contribution < 1.29 is 38.4 Å². The Kier molecular flexibility index (Phi) is 12.2. The van der Waals surface area contributed by atoms with Crippen molar-refractivity contribution in [1.82, 2.24) is 10.6 Å². The largest absolute Gasteiger partial charge is 0.497 e. The smallest absolute Gasteiger partial charge is 0.407 e. The average Bonchev–Trinajstić information content (AvgIpc) is 2.92. The molecule has 39 heavy (non-hydrogen) atoms. The Labute approximate surface area is 233 Å². The van der Waals surface area contributed by atoms with Crippen LogP contribution >= 0.6 is 11.8 Å². The average molecular weight is 563 g/mol. The lowest BCUT2D eigenvalue weighted by Crippen LogP contribution is -2.61. The number of benzene rings is 2. The lowest BCUT2D eigenvalue weighted by atomic mass is 10.00. The van der Waals surface area contributed by atoms with Crippen molar-refractivity contribution in [3.8, 4) is 5.75 Å². The van der Waals surface area contributed by atoms with Crippen LogP contribution in [0.3, 0.4) is 0 Å². The molecule has 0 aliphatic carbocycles. The standard InChI is InChI=1S/C28H38N2O8S/c1-5-39-26-25(38-27(32)29-15-19-9-7-6-8-10-19)24(37-28(33)30-18(2)3)23(31)22(36-26)17-35-16-20-11-13-21(34-4)14-12-20/h6-14,18,22-26,31H,5,15-17H2,1-4H3,(H,29,32)(H,30,33)/t22-,23-,24+,25-,26+/m1/s1. The van der Waals surface area contributed by atoms with Crippen LogP contribution in [0.2, 0.25) is 0 Å². The van der Waals surface area contributed by atoms with Crippen LogP contribution in [0.1, 0.15) is 31.9 Å². The number of alkyl carbamates (subject to hydrolysis) is 2. The second-order valence-electron chi connectivity index (χ2n) is 9.23. The quantitative estimate of drug-likeness (QED) is 0.354. The molecule has 1 aliphatic rings. The van der Waals surface area contributed by atoms with Gasteiger partial charge in [0.25, 0.3) is 0 Å². The summed E-state index contributed by atoms with van der Waals surface area (Å²) in [5.74, 6) is 1.37. The lowest BCUT2D eigenvalue weighted by Gasteiger charge is -2.43. The summed E-state index contributed by atoms with van der Waals surface area (Å²) in [6.07, 6.45) is -5.81. The van der Waals surface area contributed by atoms with E-state index in [9.17, 15) is 14.7 Å². The van der Waals surface area contributed by atoms with Crippen LogP contribution < -0.4 is 15.4 Å². The predicted molar refractivity (Wildman–Crippen MR) is 148 cm³/mol. The molecule has 1 saturated heterocycles. The van der Waals surface area contributed by atoms with Gasteiger partial charge in [-0.25, -0.2) is 9.59 Å². The molecule has 214 valence electrons. The molecule has 0 saturated carbocycles. The van der Waals surface area contributed by atoms with Gasteiger partial charge in [-0.05, 0) is 42.9 Å². The summed E-state index contributed by atoms with van der Waals surface area (Å²) in [4.78, 5) is 25.3. The number of nitrogens with one attached hydrogen (secondary N) is 2. The van der Waals surface area contributed by atoms with Crippen LogP contribution in [0.15, 0.2) is 54.6 Å². The molecule has 5 atom stereocenters. The summed E-state index contributed by atoms with van der Waals surface area (Å²) in [6, 6.07) is 16.6. The minimum absolute atomic E-state index is 0.0343. The van der Waals surface area contributed by atoms with Crippen molar-refractivity contribution in [3.63, 3.8) is 0 Å². The highest BCUT2D eigenvalue weighted by molar-refractivity contribution is 7.99. The third-order valence-electron chi connectivity index (χ3n) is 5.83. The van der Waals surface area contributed by atoms with Crippen LogP contribution in [0.5, 0.6) is 5.75 Å². The van der Waals surface area contributed by atoms with Gasteiger partial charge in [0.1, 0.15) is 23.4 Å². The monoisotopic (exact) mass is 562 g/mol. The highest BCUT2D eigenvalue weighted by atomic mass is 32.2. The summed E-state index contributed by atoms with van der Waals surface area (Å²) in [7, 11) is 1.60. The molecule has 10 nitrogen and oxygen atoms in total. The molecule has 11 heteroatoms. The molecule has 1 heterocycles. The maximum atomic E-state index is 12.7. The molecule has 0 aromatic heterocycles. The Hall–Kier alpha value is -2.99. The maximum Gasteiger partial charge on any atom is 0.407 e. The molecule has 0 radical (unpaired) electrons. The number of rotatable bonds is 12. The van der Waals surface area contributed by atoms with Crippen LogP contribution in [-0.4, -0.2) is 72.7 Å². The molecule has 1 aliphatic heterocycles. The number of amides is 2. The first-order chi connectivity index (χ1) is 18.8. The van der Waals surface area contributed by atoms with E-state index in [0.717, 1.165) is 16.9 Å². The summed E-state index contributed by atoms with van der Waals surface area (Å²) in [5, 5.41) is 16.6. The highest BCUT2D eigenvalue weighted by Gasteiger charge is 2.50. The Morgan fingerprint density at radius 3 is 2.33 bits per heavy atom. The van der Waals surface area contributed by atoms with Crippen molar-refractivity contribution in [2.75, 3.05) is 19.5 Å². The normalized spacial score (nSPS) is 22.7. The van der Waals surface area contributed by atoms with E-state index >= 15 is 0 Å². The van der Waals surface area contributed by atoms with Gasteiger partial charge in [-0.15, -0.1) is 11.8 Å². The maximum absolute atomic E-state index is 12.7. The van der Waals surface area contributed by atoms with E-state index in [2.05, 4.69) is 10.6 Å². The SMILES string of the molecule is CCS[C@@H]1O[C@H](COCc2ccc(OC)cc2)[C@@H](O)[C@H](OC(=O)NC(C)C)[C@H]1OC(=O)NCc1ccccc1. The van der Waals surface area contributed by atoms with Crippen LogP contribution in [0, 0.1) is 0 Å². The molecule has 2 aromatic rings. The zero-order valence-electron chi connectivity index (χ0n) is 22.7. The van der Waals surface area contributed by atoms with E-state index in [1.807, 2.05) is 61.5 Å². The Bertz CT molecular complexity index is 1020. The molecule has 3 rings (SSSR count). The van der Waals surface area contributed by atoms with E-state index < -0.39 is 42.0 Å². The van der Waals surface area contributed by atoms with Crippen molar-refractivity contribution in [1.29, 1.82) is 0 Å². The molecular formula is C28H38N2O8S. The lowest BCUT2D eigenvalue weighted by molar-refractivity contribution is -0.210. The number of hydrogen-bond donors (Lipinski definition) is 3. The van der Waals surface area contributed by atoms with Gasteiger partial charge in [-0.2, -0.15) is 0 Å². The van der Waals surface area contributed by atoms with Crippen molar-refractivity contribution in [2.45, 2.75) is 69.8 Å². The van der Waals surface area contributed by atoms with Crippen LogP contribution in [-0.2, 0) is 32.1 Å². The topological polar surface area (TPSA) is 125 Å². The molecular weight excluding hydrogens is 524 g/mol. The van der Waals surface area contributed by atoms with E-state index in [1.54, 1.807) is 21.0 Å². The number of carbonyl (C=O) groups excluding carboxylic acids is 2. The Morgan fingerprint density at radius 2 is 1.69 bits per heavy atom. The third kappa shape index (κ3) is 9.61. The first kappa shape index (κ1) is 30.6. The van der Waals surface area contributed by atoms with Gasteiger partial charge in [-0.1, -0.05) is 49.4 Å². The number of aliphatic hydroxyl groups is 1. The number of carbonyl (C=O) groups is 2. The number of thioether (sulfide) groups is 1. The van der Waals surface area contributed by atoms with Gasteiger partial charge in [0.2, 0.25) is 0 Å². The van der Waals surface area contributed by atoms with E-state index in [-0.39, 0.29) is 25.8 Å². The molecule has 2 amide bonds. The van der Waals surface area contributed by atoms with Crippen LogP contribution in [0.4, 0.5) is 9.59 Å². The molecule has 0 spiro atoms. The molecule has 0 bridgehead atoms. The first-order valence-corrected chi connectivity index (χ1v) is 14.0. The minimum Gasteiger partial charge on any atom is -0.497 e. The highest BCUT2D eigenvalue weighted by Crippen LogP contribution is 2.33. The number of ether oxygens (including phenoxy) is 5. The molecule has 3 N–H and O–H groups in total. The van der Waals surface area contributed by atoms with E-state index in [1.165, 1.54) is 11.8 Å². The van der Waals surface area contributed by atoms with Crippen molar-refractivity contribution in [3.05, 3.63) is 65.7 Å². The molecule has 0 unspecified atom stereocenters. The van der Waals surface area contributed by atoms with Gasteiger partial charge < -0.3 is 39.4 Å². The fourth-order valence-corrected chi connectivity index (χ4v) is 4.88. The fraction of sp³-hybridized carbons (Fsp3) is 0.500. The Balaban J connectivity index is 1.70. The molecule has 1 fully saturated rings. The zero-order chi connectivity index (χ0) is 28.2. The second-order valence-corrected chi connectivity index (χ2v) is 10.6. The fourth-order valence-electron chi connectivity index (χ4n) is 3.93. The summed E-state index contributed by atoms with van der Waals surface area (Å²) in [6.45, 7) is 6.08. The first-order valence-electron chi connectivity index (χ1n) is 12.9. The van der Waals surface area contributed by atoms with E-state index in [0.29, 0.717) is 5.75 Å². The zero-order valence-corrected chi connectivity index (χ0v) is 23.5. The minimum atomic E-state index is -1.31. The van der Waals surface area contributed by atoms with E-state index in [4.69, 9.17) is 23.7 Å². The number of aliphatic hydroxyl groups excluding tert-OH is 1. The summed E-state index contributed by atoms with van der Waals surface area (Å²) >= 11 is 1.38. The molecule has 2 aromatic carbocycles.